The number of ether oxygens (including phenoxy) is 1. The molecule has 2 aliphatic heterocycles. The van der Waals surface area contributed by atoms with Gasteiger partial charge in [0.15, 0.2) is 0 Å². The summed E-state index contributed by atoms with van der Waals surface area (Å²) >= 11 is 0. The molecule has 0 saturated heterocycles. The van der Waals surface area contributed by atoms with E-state index in [0.717, 1.165) is 94.9 Å². The van der Waals surface area contributed by atoms with Crippen LogP contribution in [0.1, 0.15) is 28.3 Å². The van der Waals surface area contributed by atoms with Crippen LogP contribution < -0.4 is 10.2 Å². The number of benzene rings is 5. The minimum Gasteiger partial charge on any atom is -0.489 e. The number of aromatic amines is 2. The third-order valence-corrected chi connectivity index (χ3v) is 10.7. The second kappa shape index (κ2) is 15.4. The van der Waals surface area contributed by atoms with E-state index < -0.39 is 7.12 Å². The lowest BCUT2D eigenvalue weighted by molar-refractivity contribution is 0.306. The van der Waals surface area contributed by atoms with Gasteiger partial charge in [0.1, 0.15) is 12.4 Å². The second-order valence-electron chi connectivity index (χ2n) is 14.5. The fourth-order valence-corrected chi connectivity index (χ4v) is 7.96. The van der Waals surface area contributed by atoms with E-state index in [4.69, 9.17) is 14.7 Å². The van der Waals surface area contributed by atoms with Crippen LogP contribution in [0.3, 0.4) is 0 Å². The van der Waals surface area contributed by atoms with Gasteiger partial charge in [0.05, 0.1) is 22.8 Å². The zero-order valence-corrected chi connectivity index (χ0v) is 31.9. The Balaban J connectivity index is 1.22. The van der Waals surface area contributed by atoms with E-state index in [1.165, 1.54) is 0 Å². The maximum absolute atomic E-state index is 9.64. The predicted molar refractivity (Wildman–Crippen MR) is 241 cm³/mol. The van der Waals surface area contributed by atoms with Crippen LogP contribution in [0.4, 0.5) is 0 Å². The Labute approximate surface area is 341 Å². The second-order valence-corrected chi connectivity index (χ2v) is 14.5. The van der Waals surface area contributed by atoms with E-state index in [1.807, 2.05) is 36.4 Å². The van der Waals surface area contributed by atoms with Gasteiger partial charge < -0.3 is 24.8 Å². The molecule has 59 heavy (non-hydrogen) atoms. The lowest BCUT2D eigenvalue weighted by atomic mass is 9.80. The van der Waals surface area contributed by atoms with Crippen molar-refractivity contribution in [3.63, 3.8) is 0 Å². The summed E-state index contributed by atoms with van der Waals surface area (Å²) in [6.45, 7) is 0.281. The molecule has 0 spiro atoms. The molecule has 7 nitrogen and oxygen atoms in total. The van der Waals surface area contributed by atoms with Gasteiger partial charge in [-0.1, -0.05) is 127 Å². The summed E-state index contributed by atoms with van der Waals surface area (Å²) in [4.78, 5) is 18.4. The minimum absolute atomic E-state index is 0.281. The molecule has 0 atom stereocenters. The molecule has 5 heterocycles. The first kappa shape index (κ1) is 35.9. The zero-order chi connectivity index (χ0) is 39.7. The van der Waals surface area contributed by atoms with Crippen LogP contribution in [-0.4, -0.2) is 37.1 Å². The van der Waals surface area contributed by atoms with Crippen LogP contribution in [0.25, 0.3) is 90.9 Å². The molecule has 282 valence electrons. The van der Waals surface area contributed by atoms with Crippen molar-refractivity contribution in [2.24, 2.45) is 0 Å². The molecule has 0 amide bonds. The van der Waals surface area contributed by atoms with Crippen molar-refractivity contribution < 1.29 is 14.8 Å². The van der Waals surface area contributed by atoms with Gasteiger partial charge >= 0.3 is 7.12 Å². The molecule has 0 unspecified atom stereocenters. The molecule has 8 aromatic rings. The number of H-pyrrole nitrogens is 2. The third kappa shape index (κ3) is 7.08. The maximum Gasteiger partial charge on any atom is 0.488 e. The molecular formula is C51H37BN4O3. The van der Waals surface area contributed by atoms with Crippen molar-refractivity contribution in [1.82, 2.24) is 19.9 Å². The number of nitrogens with one attached hydrogen (secondary N) is 2. The number of nitrogens with zero attached hydrogens (tertiary/aromatic N) is 2. The summed E-state index contributed by atoms with van der Waals surface area (Å²) in [7, 11) is -1.54. The summed E-state index contributed by atoms with van der Waals surface area (Å²) in [6.07, 6.45) is 8.42. The highest BCUT2D eigenvalue weighted by Gasteiger charge is 2.19. The molecule has 0 fully saturated rings. The average molecular weight is 765 g/mol. The molecule has 3 aromatic heterocycles. The first-order chi connectivity index (χ1) is 29.1. The number of fused-ring (bicyclic) bond motifs is 8. The first-order valence-electron chi connectivity index (χ1n) is 19.6. The van der Waals surface area contributed by atoms with Gasteiger partial charge in [-0.3, -0.25) is 0 Å². The van der Waals surface area contributed by atoms with E-state index in [0.29, 0.717) is 11.2 Å². The molecule has 0 saturated carbocycles. The predicted octanol–water partition coefficient (Wildman–Crippen LogP) is 10.6. The molecule has 8 bridgehead atoms. The fraction of sp³-hybridized carbons (Fsp3) is 0.0196. The average Bonchev–Trinajstić information content (AvgIpc) is 4.13. The Morgan fingerprint density at radius 3 is 1.20 bits per heavy atom. The van der Waals surface area contributed by atoms with Crippen LogP contribution in [0.2, 0.25) is 0 Å². The first-order valence-corrected chi connectivity index (χ1v) is 19.6. The van der Waals surface area contributed by atoms with E-state index in [9.17, 15) is 10.0 Å². The van der Waals surface area contributed by atoms with E-state index in [2.05, 4.69) is 143 Å². The zero-order valence-electron chi connectivity index (χ0n) is 31.9. The van der Waals surface area contributed by atoms with Crippen LogP contribution in [0.15, 0.2) is 164 Å². The topological polar surface area (TPSA) is 107 Å². The monoisotopic (exact) mass is 764 g/mol. The molecule has 10 rings (SSSR count). The molecule has 2 aliphatic rings. The van der Waals surface area contributed by atoms with Crippen LogP contribution in [0, 0.1) is 0 Å². The Morgan fingerprint density at radius 2 is 0.814 bits per heavy atom. The lowest BCUT2D eigenvalue weighted by Gasteiger charge is -2.10. The molecule has 0 radical (unpaired) electrons. The van der Waals surface area contributed by atoms with Crippen molar-refractivity contribution in [3.05, 3.63) is 192 Å². The molecule has 8 heteroatoms. The van der Waals surface area contributed by atoms with Gasteiger partial charge in [0.25, 0.3) is 0 Å². The number of hydrogen-bond acceptors (Lipinski definition) is 5. The SMILES string of the molecule is OB(O)c1cccc(COc2ccc(-c3c4nc(c(-c5ccccc5)c5ccc([nH]5)c(-c5ccccc5)c5nc(c(-c6ccccc6)c6ccc3[nH]6)C=C5)C=C4)cc2)c1. The van der Waals surface area contributed by atoms with Crippen molar-refractivity contribution in [3.8, 4) is 50.3 Å². The summed E-state index contributed by atoms with van der Waals surface area (Å²) in [5, 5.41) is 19.3. The highest BCUT2D eigenvalue weighted by atomic mass is 16.5. The standard InChI is InChI=1S/C51H37BN4O3/c57-52(58)38-18-10-11-33(31-38)32-59-39-21-19-37(20-22-39)51-46-29-27-44(55-46)49(35-14-6-2-7-15-35)42-25-23-40(53-42)48(34-12-4-1-5-13-34)41-24-26-43(54-41)50(36-16-8-3-9-17-36)45-28-30-47(51)56-45/h1-31,53,56-58H,32H2. The van der Waals surface area contributed by atoms with Crippen molar-refractivity contribution >= 4 is 59.0 Å². The summed E-state index contributed by atoms with van der Waals surface area (Å²) < 4.78 is 6.16. The maximum atomic E-state index is 9.64. The lowest BCUT2D eigenvalue weighted by Crippen LogP contribution is -2.29. The van der Waals surface area contributed by atoms with E-state index >= 15 is 0 Å². The number of rotatable bonds is 8. The fourth-order valence-electron chi connectivity index (χ4n) is 7.96. The van der Waals surface area contributed by atoms with Crippen molar-refractivity contribution in [2.75, 3.05) is 0 Å². The van der Waals surface area contributed by atoms with E-state index in [1.54, 1.807) is 18.2 Å². The van der Waals surface area contributed by atoms with Gasteiger partial charge in [0, 0.05) is 44.3 Å². The third-order valence-electron chi connectivity index (χ3n) is 10.7. The summed E-state index contributed by atoms with van der Waals surface area (Å²) in [5.74, 6) is 0.688. The van der Waals surface area contributed by atoms with Crippen molar-refractivity contribution in [2.45, 2.75) is 6.61 Å². The normalized spacial score (nSPS) is 11.8. The summed E-state index contributed by atoms with van der Waals surface area (Å²) in [6, 6.07) is 54.9. The van der Waals surface area contributed by atoms with Gasteiger partial charge in [-0.05, 0) is 94.0 Å². The summed E-state index contributed by atoms with van der Waals surface area (Å²) in [5.41, 5.74) is 16.5. The number of aromatic nitrogens is 4. The molecule has 0 aliphatic carbocycles. The van der Waals surface area contributed by atoms with Gasteiger partial charge in [0.2, 0.25) is 0 Å². The van der Waals surface area contributed by atoms with E-state index in [-0.39, 0.29) is 6.61 Å². The van der Waals surface area contributed by atoms with Crippen LogP contribution in [0.5, 0.6) is 5.75 Å². The van der Waals surface area contributed by atoms with Gasteiger partial charge in [-0.25, -0.2) is 9.97 Å². The molecular weight excluding hydrogens is 727 g/mol. The van der Waals surface area contributed by atoms with Crippen LogP contribution >= 0.6 is 0 Å². The smallest absolute Gasteiger partial charge is 0.488 e. The van der Waals surface area contributed by atoms with Crippen LogP contribution in [-0.2, 0) is 6.61 Å². The quantitative estimate of drug-likeness (QED) is 0.115. The molecule has 4 N–H and O–H groups in total. The Bertz CT molecular complexity index is 3030. The Kier molecular flexibility index (Phi) is 9.39. The molecule has 5 aromatic carbocycles. The number of hydrogen-bond donors (Lipinski definition) is 4. The Morgan fingerprint density at radius 1 is 0.424 bits per heavy atom. The van der Waals surface area contributed by atoms with Gasteiger partial charge in [-0.15, -0.1) is 0 Å². The Hall–Kier alpha value is -7.52. The highest BCUT2D eigenvalue weighted by Crippen LogP contribution is 2.38. The minimum atomic E-state index is -1.54. The van der Waals surface area contributed by atoms with Gasteiger partial charge in [-0.2, -0.15) is 0 Å². The largest absolute Gasteiger partial charge is 0.489 e. The highest BCUT2D eigenvalue weighted by molar-refractivity contribution is 6.58. The van der Waals surface area contributed by atoms with Crippen molar-refractivity contribution in [1.29, 1.82) is 0 Å².